The van der Waals surface area contributed by atoms with Crippen LogP contribution in [0.3, 0.4) is 0 Å². The Balaban J connectivity index is 1.62. The second-order valence-corrected chi connectivity index (χ2v) is 6.13. The quantitative estimate of drug-likeness (QED) is 0.618. The molecule has 0 fully saturated rings. The van der Waals surface area contributed by atoms with Gasteiger partial charge in [0.2, 0.25) is 0 Å². The Morgan fingerprint density at radius 2 is 1.78 bits per heavy atom. The van der Waals surface area contributed by atoms with Gasteiger partial charge in [-0.1, -0.05) is 30.3 Å². The van der Waals surface area contributed by atoms with Crippen LogP contribution in [0.25, 0.3) is 0 Å². The molecule has 2 rings (SSSR count). The number of aliphatic hydroxyl groups is 1. The average molecular weight is 383 g/mol. The van der Waals surface area contributed by atoms with Gasteiger partial charge >= 0.3 is 6.18 Å². The molecule has 148 valence electrons. The molecule has 2 N–H and O–H groups in total. The van der Waals surface area contributed by atoms with E-state index in [0.29, 0.717) is 26.1 Å². The zero-order valence-corrected chi connectivity index (χ0v) is 15.1. The summed E-state index contributed by atoms with van der Waals surface area (Å²) in [5.74, 6) is 0.738. The smallest absolute Gasteiger partial charge is 0.416 e. The van der Waals surface area contributed by atoms with E-state index in [0.717, 1.165) is 29.0 Å². The zero-order valence-electron chi connectivity index (χ0n) is 15.1. The lowest BCUT2D eigenvalue weighted by Gasteiger charge is -2.14. The molecule has 1 atom stereocenters. The molecular weight excluding hydrogens is 359 g/mol. The first-order chi connectivity index (χ1) is 12.9. The summed E-state index contributed by atoms with van der Waals surface area (Å²) in [5, 5.41) is 13.0. The summed E-state index contributed by atoms with van der Waals surface area (Å²) < 4.78 is 48.3. The maximum Gasteiger partial charge on any atom is 0.416 e. The molecule has 0 saturated heterocycles. The summed E-state index contributed by atoms with van der Waals surface area (Å²) in [5.41, 5.74) is 1.06. The molecule has 0 saturated carbocycles. The van der Waals surface area contributed by atoms with Crippen molar-refractivity contribution in [1.82, 2.24) is 5.32 Å². The van der Waals surface area contributed by atoms with Crippen LogP contribution in [0, 0.1) is 0 Å². The summed E-state index contributed by atoms with van der Waals surface area (Å²) in [4.78, 5) is 0. The first-order valence-corrected chi connectivity index (χ1v) is 8.64. The van der Waals surface area contributed by atoms with Crippen LogP contribution in [0.15, 0.2) is 48.5 Å². The number of para-hydroxylation sites is 1. The van der Waals surface area contributed by atoms with Gasteiger partial charge in [-0.2, -0.15) is 13.2 Å². The predicted molar refractivity (Wildman–Crippen MR) is 96.7 cm³/mol. The van der Waals surface area contributed by atoms with Gasteiger partial charge in [0, 0.05) is 12.1 Å². The Morgan fingerprint density at radius 1 is 1.07 bits per heavy atom. The highest BCUT2D eigenvalue weighted by Crippen LogP contribution is 2.29. The molecule has 0 bridgehead atoms. The molecule has 0 spiro atoms. The highest BCUT2D eigenvalue weighted by Gasteiger charge is 2.29. The Labute approximate surface area is 156 Å². The lowest BCUT2D eigenvalue weighted by Crippen LogP contribution is -2.31. The van der Waals surface area contributed by atoms with Gasteiger partial charge < -0.3 is 19.9 Å². The first-order valence-electron chi connectivity index (χ1n) is 8.64. The topological polar surface area (TPSA) is 50.7 Å². The fraction of sp³-hybridized carbons (Fsp3) is 0.400. The first kappa shape index (κ1) is 21.2. The Bertz CT molecular complexity index is 690. The average Bonchev–Trinajstić information content (AvgIpc) is 2.65. The van der Waals surface area contributed by atoms with Crippen molar-refractivity contribution in [3.8, 4) is 5.75 Å². The number of ether oxygens (including phenoxy) is 2. The van der Waals surface area contributed by atoms with E-state index in [1.165, 1.54) is 12.1 Å². The fourth-order valence-corrected chi connectivity index (χ4v) is 2.55. The van der Waals surface area contributed by atoms with Crippen LogP contribution < -0.4 is 10.1 Å². The van der Waals surface area contributed by atoms with E-state index >= 15 is 0 Å². The number of methoxy groups -OCH3 is 1. The highest BCUT2D eigenvalue weighted by molar-refractivity contribution is 5.32. The second-order valence-electron chi connectivity index (χ2n) is 6.13. The van der Waals surface area contributed by atoms with Crippen molar-refractivity contribution in [3.05, 3.63) is 65.2 Å². The molecule has 0 heterocycles. The SMILES string of the molecule is COc1ccccc1COC[C@@H](O)CNCCc1ccc(C(F)(F)F)cc1. The van der Waals surface area contributed by atoms with Crippen molar-refractivity contribution in [2.45, 2.75) is 25.3 Å². The number of halogens is 3. The molecular formula is C20H24F3NO3. The molecule has 27 heavy (non-hydrogen) atoms. The molecule has 0 aliphatic carbocycles. The number of hydrogen-bond donors (Lipinski definition) is 2. The van der Waals surface area contributed by atoms with Gasteiger partial charge in [0.1, 0.15) is 5.75 Å². The summed E-state index contributed by atoms with van der Waals surface area (Å²) >= 11 is 0. The second kappa shape index (κ2) is 10.3. The normalized spacial score (nSPS) is 12.8. The third-order valence-corrected chi connectivity index (χ3v) is 4.01. The number of nitrogens with one attached hydrogen (secondary N) is 1. The Hall–Kier alpha value is -2.09. The largest absolute Gasteiger partial charge is 0.496 e. The monoisotopic (exact) mass is 383 g/mol. The van der Waals surface area contributed by atoms with Crippen molar-refractivity contribution in [1.29, 1.82) is 0 Å². The zero-order chi connectivity index (χ0) is 19.7. The van der Waals surface area contributed by atoms with Crippen LogP contribution in [0.4, 0.5) is 13.2 Å². The van der Waals surface area contributed by atoms with E-state index < -0.39 is 17.8 Å². The van der Waals surface area contributed by atoms with Crippen molar-refractivity contribution in [3.63, 3.8) is 0 Å². The number of rotatable bonds is 10. The van der Waals surface area contributed by atoms with Gasteiger partial charge in [0.25, 0.3) is 0 Å². The van der Waals surface area contributed by atoms with Gasteiger partial charge in [0.15, 0.2) is 0 Å². The summed E-state index contributed by atoms with van der Waals surface area (Å²) in [6.45, 7) is 1.40. The fourth-order valence-electron chi connectivity index (χ4n) is 2.55. The highest BCUT2D eigenvalue weighted by atomic mass is 19.4. The third kappa shape index (κ3) is 7.21. The minimum Gasteiger partial charge on any atom is -0.496 e. The van der Waals surface area contributed by atoms with Gasteiger partial charge in [-0.15, -0.1) is 0 Å². The van der Waals surface area contributed by atoms with Crippen LogP contribution in [-0.4, -0.2) is 38.0 Å². The minimum atomic E-state index is -4.31. The van der Waals surface area contributed by atoms with E-state index in [9.17, 15) is 18.3 Å². The van der Waals surface area contributed by atoms with Gasteiger partial charge in [-0.05, 0) is 36.7 Å². The number of aliphatic hydroxyl groups excluding tert-OH is 1. The number of hydrogen-bond acceptors (Lipinski definition) is 4. The van der Waals surface area contributed by atoms with Gasteiger partial charge in [0.05, 0.1) is 32.0 Å². The lowest BCUT2D eigenvalue weighted by molar-refractivity contribution is -0.137. The molecule has 0 aromatic heterocycles. The molecule has 0 aliphatic heterocycles. The van der Waals surface area contributed by atoms with Crippen molar-refractivity contribution in [2.24, 2.45) is 0 Å². The molecule has 2 aromatic carbocycles. The van der Waals surface area contributed by atoms with Gasteiger partial charge in [-0.3, -0.25) is 0 Å². The molecule has 0 aliphatic rings. The molecule has 2 aromatic rings. The molecule has 0 amide bonds. The minimum absolute atomic E-state index is 0.172. The predicted octanol–water partition coefficient (Wildman–Crippen LogP) is 3.42. The maximum absolute atomic E-state index is 12.5. The van der Waals surface area contributed by atoms with Crippen LogP contribution in [0.5, 0.6) is 5.75 Å². The van der Waals surface area contributed by atoms with Crippen molar-refractivity contribution < 1.29 is 27.8 Å². The van der Waals surface area contributed by atoms with Crippen LogP contribution in [-0.2, 0) is 23.9 Å². The molecule has 0 unspecified atom stereocenters. The van der Waals surface area contributed by atoms with Crippen LogP contribution in [0.1, 0.15) is 16.7 Å². The van der Waals surface area contributed by atoms with Crippen molar-refractivity contribution >= 4 is 0 Å². The Kier molecular flexibility index (Phi) is 8.09. The number of alkyl halides is 3. The summed E-state index contributed by atoms with van der Waals surface area (Å²) in [6.07, 6.45) is -4.41. The number of benzene rings is 2. The van der Waals surface area contributed by atoms with E-state index in [2.05, 4.69) is 5.32 Å². The van der Waals surface area contributed by atoms with Crippen molar-refractivity contribution in [2.75, 3.05) is 26.8 Å². The third-order valence-electron chi connectivity index (χ3n) is 4.01. The summed E-state index contributed by atoms with van der Waals surface area (Å²) in [7, 11) is 1.59. The summed E-state index contributed by atoms with van der Waals surface area (Å²) in [6, 6.07) is 12.6. The van der Waals surface area contributed by atoms with Crippen LogP contribution in [0.2, 0.25) is 0 Å². The maximum atomic E-state index is 12.5. The van der Waals surface area contributed by atoms with E-state index in [-0.39, 0.29) is 6.61 Å². The Morgan fingerprint density at radius 3 is 2.44 bits per heavy atom. The van der Waals surface area contributed by atoms with E-state index in [1.54, 1.807) is 7.11 Å². The molecule has 4 nitrogen and oxygen atoms in total. The lowest BCUT2D eigenvalue weighted by atomic mass is 10.1. The molecule has 7 heteroatoms. The molecule has 0 radical (unpaired) electrons. The van der Waals surface area contributed by atoms with Gasteiger partial charge in [-0.25, -0.2) is 0 Å². The van der Waals surface area contributed by atoms with E-state index in [4.69, 9.17) is 9.47 Å². The van der Waals surface area contributed by atoms with E-state index in [1.807, 2.05) is 24.3 Å². The van der Waals surface area contributed by atoms with Crippen LogP contribution >= 0.6 is 0 Å². The standard InChI is InChI=1S/C20H24F3NO3/c1-26-19-5-3-2-4-16(19)13-27-14-18(25)12-24-11-10-15-6-8-17(9-7-15)20(21,22)23/h2-9,18,24-25H,10-14H2,1H3/t18-/m0/s1.